The average Bonchev–Trinajstić information content (AvgIpc) is 3.18. The second-order valence-corrected chi connectivity index (χ2v) is 5.91. The first kappa shape index (κ1) is 16.6. The fourth-order valence-corrected chi connectivity index (χ4v) is 2.81. The predicted octanol–water partition coefficient (Wildman–Crippen LogP) is 2.07. The van der Waals surface area contributed by atoms with Crippen LogP contribution in [0.5, 0.6) is 0 Å². The van der Waals surface area contributed by atoms with Gasteiger partial charge in [-0.2, -0.15) is 5.10 Å². The van der Waals surface area contributed by atoms with E-state index in [1.807, 2.05) is 12.1 Å². The SMILES string of the molecule is Cc1cc(C(F)F)nn1CC(=O)N1CCN(Cc2ccco2)CC1. The van der Waals surface area contributed by atoms with Crippen molar-refractivity contribution in [1.82, 2.24) is 19.6 Å². The number of furan rings is 1. The number of rotatable bonds is 5. The molecule has 0 aliphatic carbocycles. The zero-order valence-corrected chi connectivity index (χ0v) is 13.5. The smallest absolute Gasteiger partial charge is 0.282 e. The van der Waals surface area contributed by atoms with E-state index < -0.39 is 6.43 Å². The summed E-state index contributed by atoms with van der Waals surface area (Å²) < 4.78 is 32.0. The lowest BCUT2D eigenvalue weighted by Crippen LogP contribution is -2.49. The summed E-state index contributed by atoms with van der Waals surface area (Å²) in [6.45, 7) is 5.14. The number of carbonyl (C=O) groups excluding carboxylic acids is 1. The highest BCUT2D eigenvalue weighted by Gasteiger charge is 2.23. The molecule has 3 heterocycles. The average molecular weight is 338 g/mol. The summed E-state index contributed by atoms with van der Waals surface area (Å²) in [4.78, 5) is 16.3. The number of carbonyl (C=O) groups is 1. The van der Waals surface area contributed by atoms with Crippen molar-refractivity contribution >= 4 is 5.91 Å². The van der Waals surface area contributed by atoms with Crippen LogP contribution in [0.1, 0.15) is 23.6 Å². The molecular weight excluding hydrogens is 318 g/mol. The molecule has 0 saturated carbocycles. The Morgan fingerprint density at radius 3 is 2.67 bits per heavy atom. The molecular formula is C16H20F2N4O2. The normalized spacial score (nSPS) is 16.1. The first-order chi connectivity index (χ1) is 11.5. The van der Waals surface area contributed by atoms with E-state index in [2.05, 4.69) is 10.00 Å². The second kappa shape index (κ2) is 7.12. The van der Waals surface area contributed by atoms with E-state index >= 15 is 0 Å². The highest BCUT2D eigenvalue weighted by Crippen LogP contribution is 2.18. The fraction of sp³-hybridized carbons (Fsp3) is 0.500. The van der Waals surface area contributed by atoms with Crippen LogP contribution in [0, 0.1) is 6.92 Å². The Balaban J connectivity index is 1.52. The van der Waals surface area contributed by atoms with E-state index in [-0.39, 0.29) is 18.1 Å². The third kappa shape index (κ3) is 3.81. The maximum atomic E-state index is 12.7. The highest BCUT2D eigenvalue weighted by atomic mass is 19.3. The third-order valence-electron chi connectivity index (χ3n) is 4.19. The summed E-state index contributed by atoms with van der Waals surface area (Å²) in [7, 11) is 0. The van der Waals surface area contributed by atoms with Crippen molar-refractivity contribution in [3.63, 3.8) is 0 Å². The number of halogens is 2. The van der Waals surface area contributed by atoms with Crippen LogP contribution < -0.4 is 0 Å². The van der Waals surface area contributed by atoms with Gasteiger partial charge in [-0.1, -0.05) is 0 Å². The van der Waals surface area contributed by atoms with Crippen molar-refractivity contribution in [2.45, 2.75) is 26.4 Å². The van der Waals surface area contributed by atoms with Gasteiger partial charge in [-0.3, -0.25) is 14.4 Å². The number of hydrogen-bond acceptors (Lipinski definition) is 4. The molecule has 0 aromatic carbocycles. The van der Waals surface area contributed by atoms with E-state index in [9.17, 15) is 13.6 Å². The van der Waals surface area contributed by atoms with Crippen molar-refractivity contribution in [2.75, 3.05) is 26.2 Å². The summed E-state index contributed by atoms with van der Waals surface area (Å²) in [6.07, 6.45) is -0.972. The molecule has 1 amide bonds. The van der Waals surface area contributed by atoms with E-state index in [1.165, 1.54) is 10.7 Å². The zero-order chi connectivity index (χ0) is 17.1. The van der Waals surface area contributed by atoms with Gasteiger partial charge in [0.2, 0.25) is 5.91 Å². The van der Waals surface area contributed by atoms with Crippen molar-refractivity contribution in [1.29, 1.82) is 0 Å². The molecule has 24 heavy (non-hydrogen) atoms. The minimum Gasteiger partial charge on any atom is -0.468 e. The van der Waals surface area contributed by atoms with Gasteiger partial charge in [0, 0.05) is 31.9 Å². The molecule has 1 aliphatic rings. The molecule has 0 radical (unpaired) electrons. The molecule has 0 atom stereocenters. The number of hydrogen-bond donors (Lipinski definition) is 0. The lowest BCUT2D eigenvalue weighted by molar-refractivity contribution is -0.133. The Morgan fingerprint density at radius 1 is 1.33 bits per heavy atom. The molecule has 6 nitrogen and oxygen atoms in total. The molecule has 0 spiro atoms. The molecule has 0 bridgehead atoms. The van der Waals surface area contributed by atoms with Crippen molar-refractivity contribution in [3.8, 4) is 0 Å². The number of nitrogens with zero attached hydrogens (tertiary/aromatic N) is 4. The van der Waals surface area contributed by atoms with E-state index in [4.69, 9.17) is 4.42 Å². The summed E-state index contributed by atoms with van der Waals surface area (Å²) in [5, 5.41) is 3.81. The zero-order valence-electron chi connectivity index (χ0n) is 13.5. The Labute approximate surface area is 138 Å². The Hall–Kier alpha value is -2.22. The van der Waals surface area contributed by atoms with Crippen LogP contribution in [-0.4, -0.2) is 51.7 Å². The molecule has 3 rings (SSSR count). The van der Waals surface area contributed by atoms with Crippen molar-refractivity contribution < 1.29 is 18.0 Å². The van der Waals surface area contributed by atoms with Crippen LogP contribution in [0.2, 0.25) is 0 Å². The topological polar surface area (TPSA) is 54.5 Å². The first-order valence-corrected chi connectivity index (χ1v) is 7.88. The van der Waals surface area contributed by atoms with Gasteiger partial charge in [0.1, 0.15) is 18.0 Å². The lowest BCUT2D eigenvalue weighted by atomic mass is 10.3. The molecule has 2 aromatic rings. The number of aromatic nitrogens is 2. The quantitative estimate of drug-likeness (QED) is 0.837. The fourth-order valence-electron chi connectivity index (χ4n) is 2.81. The number of aryl methyl sites for hydroxylation is 1. The van der Waals surface area contributed by atoms with Gasteiger partial charge in [0.15, 0.2) is 0 Å². The van der Waals surface area contributed by atoms with Gasteiger partial charge in [-0.25, -0.2) is 8.78 Å². The standard InChI is InChI=1S/C16H20F2N4O2/c1-12-9-14(16(17)18)19-22(12)11-15(23)21-6-4-20(5-7-21)10-13-3-2-8-24-13/h2-3,8-9,16H,4-7,10-11H2,1H3. The minimum atomic E-state index is -2.62. The summed E-state index contributed by atoms with van der Waals surface area (Å²) >= 11 is 0. The predicted molar refractivity (Wildman–Crippen MR) is 82.5 cm³/mol. The summed E-state index contributed by atoms with van der Waals surface area (Å²) in [5.41, 5.74) is 0.277. The molecule has 1 saturated heterocycles. The van der Waals surface area contributed by atoms with Gasteiger partial charge in [-0.05, 0) is 25.1 Å². The number of piperazine rings is 1. The van der Waals surface area contributed by atoms with Gasteiger partial charge < -0.3 is 9.32 Å². The highest BCUT2D eigenvalue weighted by molar-refractivity contribution is 5.76. The van der Waals surface area contributed by atoms with Crippen molar-refractivity contribution in [2.24, 2.45) is 0 Å². The third-order valence-corrected chi connectivity index (χ3v) is 4.19. The molecule has 2 aromatic heterocycles. The maximum Gasteiger partial charge on any atom is 0.282 e. The van der Waals surface area contributed by atoms with Crippen molar-refractivity contribution in [3.05, 3.63) is 41.6 Å². The van der Waals surface area contributed by atoms with E-state index in [0.29, 0.717) is 18.8 Å². The van der Waals surface area contributed by atoms with Crippen LogP contribution in [-0.2, 0) is 17.9 Å². The largest absolute Gasteiger partial charge is 0.468 e. The number of alkyl halides is 2. The molecule has 0 N–H and O–H groups in total. The van der Waals surface area contributed by atoms with E-state index in [0.717, 1.165) is 25.4 Å². The Morgan fingerprint density at radius 2 is 2.08 bits per heavy atom. The minimum absolute atomic E-state index is 0.00324. The van der Waals surface area contributed by atoms with Crippen LogP contribution >= 0.6 is 0 Å². The monoisotopic (exact) mass is 338 g/mol. The maximum absolute atomic E-state index is 12.7. The second-order valence-electron chi connectivity index (χ2n) is 5.91. The Kier molecular flexibility index (Phi) is 4.94. The molecule has 130 valence electrons. The van der Waals surface area contributed by atoms with Gasteiger partial charge in [0.05, 0.1) is 12.8 Å². The number of amides is 1. The Bertz CT molecular complexity index is 676. The van der Waals surface area contributed by atoms with Gasteiger partial charge >= 0.3 is 0 Å². The van der Waals surface area contributed by atoms with Crippen LogP contribution in [0.3, 0.4) is 0 Å². The lowest BCUT2D eigenvalue weighted by Gasteiger charge is -2.34. The molecule has 1 fully saturated rings. The first-order valence-electron chi connectivity index (χ1n) is 7.88. The molecule has 0 unspecified atom stereocenters. The summed E-state index contributed by atoms with van der Waals surface area (Å²) in [5.74, 6) is 0.807. The molecule has 1 aliphatic heterocycles. The van der Waals surface area contributed by atoms with Crippen LogP contribution in [0.15, 0.2) is 28.9 Å². The van der Waals surface area contributed by atoms with Gasteiger partial charge in [0.25, 0.3) is 6.43 Å². The van der Waals surface area contributed by atoms with E-state index in [1.54, 1.807) is 18.1 Å². The van der Waals surface area contributed by atoms with Crippen LogP contribution in [0.4, 0.5) is 8.78 Å². The summed E-state index contributed by atoms with van der Waals surface area (Å²) in [6, 6.07) is 5.10. The molecule has 8 heteroatoms. The van der Waals surface area contributed by atoms with Gasteiger partial charge in [-0.15, -0.1) is 0 Å². The van der Waals surface area contributed by atoms with Crippen LogP contribution in [0.25, 0.3) is 0 Å².